The molecule has 12 heteroatoms. The van der Waals surface area contributed by atoms with Crippen LogP contribution in [-0.2, 0) is 10.0 Å². The predicted octanol–water partition coefficient (Wildman–Crippen LogP) is 2.19. The van der Waals surface area contributed by atoms with E-state index in [0.717, 1.165) is 6.20 Å². The normalized spacial score (nSPS) is 17.5. The molecule has 0 bridgehead atoms. The van der Waals surface area contributed by atoms with Crippen LogP contribution in [0.1, 0.15) is 26.7 Å². The Morgan fingerprint density at radius 2 is 1.94 bits per heavy atom. The standard InChI is InChI=1S/C22H30F2N6O3S/c1-14(2)30-8-9-33-21-17(23)11-15(12-19(21)30)20-18(24)13-26-22(28-20)27-16-3-6-29(7-4-16)34(31,32)10-5-25/h11-14,16H,3-10,25H2,1-2H3,(H,26,27,28). The summed E-state index contributed by atoms with van der Waals surface area (Å²) in [5, 5.41) is 3.16. The van der Waals surface area contributed by atoms with Crippen LogP contribution in [0.4, 0.5) is 20.4 Å². The molecule has 3 N–H and O–H groups in total. The molecule has 0 unspecified atom stereocenters. The highest BCUT2D eigenvalue weighted by molar-refractivity contribution is 7.89. The number of benzene rings is 1. The number of halogens is 2. The Kier molecular flexibility index (Phi) is 7.20. The zero-order valence-corrected chi connectivity index (χ0v) is 20.1. The number of hydrogen-bond donors (Lipinski definition) is 2. The quantitative estimate of drug-likeness (QED) is 0.600. The first-order chi connectivity index (χ1) is 16.2. The van der Waals surface area contributed by atoms with E-state index >= 15 is 0 Å². The molecule has 4 rings (SSSR count). The van der Waals surface area contributed by atoms with Gasteiger partial charge in [-0.3, -0.25) is 0 Å². The topological polar surface area (TPSA) is 114 Å². The van der Waals surface area contributed by atoms with E-state index in [-0.39, 0.29) is 47.3 Å². The minimum Gasteiger partial charge on any atom is -0.486 e. The summed E-state index contributed by atoms with van der Waals surface area (Å²) in [6.07, 6.45) is 2.15. The molecule has 2 aliphatic heterocycles. The third-order valence-electron chi connectivity index (χ3n) is 6.11. The molecule has 1 aromatic heterocycles. The molecule has 3 heterocycles. The average molecular weight is 497 g/mol. The zero-order chi connectivity index (χ0) is 24.5. The van der Waals surface area contributed by atoms with Crippen LogP contribution in [0.2, 0.25) is 0 Å². The number of fused-ring (bicyclic) bond motifs is 1. The van der Waals surface area contributed by atoms with Gasteiger partial charge < -0.3 is 20.7 Å². The molecule has 0 aliphatic carbocycles. The first-order valence-corrected chi connectivity index (χ1v) is 13.0. The second-order valence-corrected chi connectivity index (χ2v) is 10.8. The molecule has 2 aromatic rings. The summed E-state index contributed by atoms with van der Waals surface area (Å²) in [7, 11) is -3.35. The summed E-state index contributed by atoms with van der Waals surface area (Å²) < 4.78 is 60.9. The van der Waals surface area contributed by atoms with Gasteiger partial charge in [-0.05, 0) is 38.8 Å². The summed E-state index contributed by atoms with van der Waals surface area (Å²) >= 11 is 0. The molecule has 34 heavy (non-hydrogen) atoms. The van der Waals surface area contributed by atoms with Crippen molar-refractivity contribution in [2.75, 3.05) is 48.8 Å². The number of rotatable bonds is 7. The Balaban J connectivity index is 1.54. The van der Waals surface area contributed by atoms with Gasteiger partial charge in [0, 0.05) is 37.3 Å². The number of piperidine rings is 1. The van der Waals surface area contributed by atoms with Crippen molar-refractivity contribution in [1.82, 2.24) is 14.3 Å². The third-order valence-corrected chi connectivity index (χ3v) is 8.01. The fourth-order valence-corrected chi connectivity index (χ4v) is 5.68. The molecule has 0 amide bonds. The van der Waals surface area contributed by atoms with Crippen LogP contribution in [0, 0.1) is 11.6 Å². The van der Waals surface area contributed by atoms with Crippen molar-refractivity contribution in [3.8, 4) is 17.0 Å². The molecule has 1 aromatic carbocycles. The monoisotopic (exact) mass is 496 g/mol. The number of sulfonamides is 1. The lowest BCUT2D eigenvalue weighted by atomic mass is 10.1. The number of hydrogen-bond acceptors (Lipinski definition) is 8. The molecule has 0 radical (unpaired) electrons. The molecule has 186 valence electrons. The highest BCUT2D eigenvalue weighted by atomic mass is 32.2. The number of aromatic nitrogens is 2. The highest BCUT2D eigenvalue weighted by Gasteiger charge is 2.28. The third kappa shape index (κ3) is 5.08. The Bertz CT molecular complexity index is 1140. The van der Waals surface area contributed by atoms with Crippen LogP contribution in [0.5, 0.6) is 5.75 Å². The first kappa shape index (κ1) is 24.6. The van der Waals surface area contributed by atoms with Crippen molar-refractivity contribution < 1.29 is 21.9 Å². The summed E-state index contributed by atoms with van der Waals surface area (Å²) in [5.74, 6) is -0.953. The minimum absolute atomic E-state index is 0.0172. The smallest absolute Gasteiger partial charge is 0.223 e. The molecule has 1 fully saturated rings. The number of ether oxygens (including phenoxy) is 1. The van der Waals surface area contributed by atoms with Gasteiger partial charge in [0.2, 0.25) is 16.0 Å². The molecular weight excluding hydrogens is 466 g/mol. The fourth-order valence-electron chi connectivity index (χ4n) is 4.35. The van der Waals surface area contributed by atoms with E-state index < -0.39 is 21.7 Å². The molecule has 9 nitrogen and oxygen atoms in total. The van der Waals surface area contributed by atoms with E-state index in [0.29, 0.717) is 44.8 Å². The first-order valence-electron chi connectivity index (χ1n) is 11.4. The maximum atomic E-state index is 14.9. The van der Waals surface area contributed by atoms with Crippen LogP contribution in [0.25, 0.3) is 11.3 Å². The summed E-state index contributed by atoms with van der Waals surface area (Å²) in [4.78, 5) is 10.4. The largest absolute Gasteiger partial charge is 0.486 e. The van der Waals surface area contributed by atoms with Crippen LogP contribution in [0.15, 0.2) is 18.3 Å². The number of nitrogens with zero attached hydrogens (tertiary/aromatic N) is 4. The van der Waals surface area contributed by atoms with E-state index in [9.17, 15) is 17.2 Å². The van der Waals surface area contributed by atoms with Crippen LogP contribution in [-0.4, -0.2) is 73.3 Å². The molecule has 1 saturated heterocycles. The highest BCUT2D eigenvalue weighted by Crippen LogP contribution is 2.39. The SMILES string of the molecule is CC(C)N1CCOc2c(F)cc(-c3nc(NC4CCN(S(=O)(=O)CCN)CC4)ncc3F)cc21. The van der Waals surface area contributed by atoms with E-state index in [2.05, 4.69) is 15.3 Å². The zero-order valence-electron chi connectivity index (χ0n) is 19.3. The van der Waals surface area contributed by atoms with Gasteiger partial charge in [0.25, 0.3) is 0 Å². The van der Waals surface area contributed by atoms with E-state index in [1.165, 1.54) is 10.4 Å². The van der Waals surface area contributed by atoms with Crippen molar-refractivity contribution in [3.63, 3.8) is 0 Å². The Labute approximate surface area is 198 Å². The van der Waals surface area contributed by atoms with Gasteiger partial charge in [-0.1, -0.05) is 0 Å². The van der Waals surface area contributed by atoms with Crippen molar-refractivity contribution in [2.24, 2.45) is 5.73 Å². The fraction of sp³-hybridized carbons (Fsp3) is 0.545. The second-order valence-electron chi connectivity index (χ2n) is 8.75. The van der Waals surface area contributed by atoms with Crippen LogP contribution >= 0.6 is 0 Å². The molecular formula is C22H30F2N6O3S. The summed E-state index contributed by atoms with van der Waals surface area (Å²) in [5.41, 5.74) is 6.23. The van der Waals surface area contributed by atoms with Gasteiger partial charge in [0.1, 0.15) is 12.3 Å². The van der Waals surface area contributed by atoms with Gasteiger partial charge in [-0.2, -0.15) is 0 Å². The van der Waals surface area contributed by atoms with E-state index in [1.807, 2.05) is 18.7 Å². The Morgan fingerprint density at radius 1 is 1.21 bits per heavy atom. The lowest BCUT2D eigenvalue weighted by Gasteiger charge is -2.34. The lowest BCUT2D eigenvalue weighted by Crippen LogP contribution is -2.44. The van der Waals surface area contributed by atoms with Crippen molar-refractivity contribution in [2.45, 2.75) is 38.8 Å². The van der Waals surface area contributed by atoms with Crippen molar-refractivity contribution in [1.29, 1.82) is 0 Å². The van der Waals surface area contributed by atoms with Crippen molar-refractivity contribution >= 4 is 21.7 Å². The number of nitrogens with one attached hydrogen (secondary N) is 1. The predicted molar refractivity (Wildman–Crippen MR) is 126 cm³/mol. The maximum absolute atomic E-state index is 14.9. The van der Waals surface area contributed by atoms with Gasteiger partial charge in [0.05, 0.1) is 24.2 Å². The molecule has 0 atom stereocenters. The van der Waals surface area contributed by atoms with Crippen LogP contribution in [0.3, 0.4) is 0 Å². The average Bonchev–Trinajstić information content (AvgIpc) is 2.80. The number of nitrogens with two attached hydrogens (primary N) is 1. The van der Waals surface area contributed by atoms with Crippen molar-refractivity contribution in [3.05, 3.63) is 30.0 Å². The Morgan fingerprint density at radius 3 is 2.62 bits per heavy atom. The molecule has 2 aliphatic rings. The molecule has 0 spiro atoms. The second kappa shape index (κ2) is 9.96. The number of anilines is 2. The minimum atomic E-state index is -3.35. The van der Waals surface area contributed by atoms with E-state index in [4.69, 9.17) is 10.5 Å². The molecule has 0 saturated carbocycles. The Hall–Kier alpha value is -2.57. The summed E-state index contributed by atoms with van der Waals surface area (Å²) in [6, 6.07) is 2.95. The van der Waals surface area contributed by atoms with E-state index in [1.54, 1.807) is 6.07 Å². The van der Waals surface area contributed by atoms with Gasteiger partial charge >= 0.3 is 0 Å². The lowest BCUT2D eigenvalue weighted by molar-refractivity contribution is 0.287. The van der Waals surface area contributed by atoms with Gasteiger partial charge in [0.15, 0.2) is 17.4 Å². The van der Waals surface area contributed by atoms with Crippen LogP contribution < -0.4 is 20.7 Å². The summed E-state index contributed by atoms with van der Waals surface area (Å²) in [6.45, 7) is 5.77. The van der Waals surface area contributed by atoms with Gasteiger partial charge in [-0.15, -0.1) is 0 Å². The maximum Gasteiger partial charge on any atom is 0.223 e. The van der Waals surface area contributed by atoms with Gasteiger partial charge in [-0.25, -0.2) is 31.5 Å².